The van der Waals surface area contributed by atoms with Crippen molar-refractivity contribution in [3.05, 3.63) is 106 Å². The van der Waals surface area contributed by atoms with Crippen LogP contribution in [0.15, 0.2) is 60.9 Å². The molecule has 0 fully saturated rings. The lowest BCUT2D eigenvalue weighted by Gasteiger charge is -2.22. The van der Waals surface area contributed by atoms with Crippen LogP contribution in [-0.4, -0.2) is 51.7 Å². The van der Waals surface area contributed by atoms with E-state index in [9.17, 15) is 40.7 Å². The Hall–Kier alpha value is -5.25. The zero-order valence-electron chi connectivity index (χ0n) is 23.5. The minimum atomic E-state index is -5.05. The molecule has 16 heteroatoms. The monoisotopic (exact) mass is 634 g/mol. The fourth-order valence-corrected chi connectivity index (χ4v) is 4.51. The summed E-state index contributed by atoms with van der Waals surface area (Å²) in [5, 5.41) is 6.51. The number of amides is 3. The van der Waals surface area contributed by atoms with E-state index < -0.39 is 70.8 Å². The Kier molecular flexibility index (Phi) is 9.56. The number of pyridine rings is 1. The van der Waals surface area contributed by atoms with Gasteiger partial charge in [0.05, 0.1) is 30.0 Å². The predicted octanol–water partition coefficient (Wildman–Crippen LogP) is 4.21. The van der Waals surface area contributed by atoms with Crippen LogP contribution in [-0.2, 0) is 28.8 Å². The molecule has 0 bridgehead atoms. The number of nitrogens with one attached hydrogen (secondary N) is 1. The molecule has 0 aliphatic heterocycles. The SMILES string of the molecule is CON(C)C(=O)c1cn(CC(=O)N[C@@H](Cc2cc(F)cc(F)c2)c2ncccc2-c2ccc(F)c(C(N)=O)c2)nc1C(F)(F)F. The van der Waals surface area contributed by atoms with E-state index in [1.807, 2.05) is 0 Å². The summed E-state index contributed by atoms with van der Waals surface area (Å²) in [6.07, 6.45) is -3.24. The number of hydroxylamine groups is 2. The van der Waals surface area contributed by atoms with E-state index in [0.29, 0.717) is 15.8 Å². The van der Waals surface area contributed by atoms with E-state index >= 15 is 0 Å². The van der Waals surface area contributed by atoms with Crippen LogP contribution in [0.4, 0.5) is 26.3 Å². The molecule has 0 aliphatic carbocycles. The molecule has 10 nitrogen and oxygen atoms in total. The quantitative estimate of drug-likeness (QED) is 0.199. The molecule has 236 valence electrons. The van der Waals surface area contributed by atoms with Gasteiger partial charge in [0.15, 0.2) is 5.69 Å². The van der Waals surface area contributed by atoms with Gasteiger partial charge in [0, 0.05) is 31.1 Å². The largest absolute Gasteiger partial charge is 0.435 e. The molecule has 2 heterocycles. The van der Waals surface area contributed by atoms with Crippen molar-refractivity contribution in [2.45, 2.75) is 25.2 Å². The second-order valence-electron chi connectivity index (χ2n) is 9.67. The highest BCUT2D eigenvalue weighted by atomic mass is 19.4. The van der Waals surface area contributed by atoms with E-state index in [0.717, 1.165) is 44.6 Å². The molecule has 0 radical (unpaired) electrons. The number of hydrogen-bond acceptors (Lipinski definition) is 6. The van der Waals surface area contributed by atoms with Gasteiger partial charge in [-0.15, -0.1) is 0 Å². The summed E-state index contributed by atoms with van der Waals surface area (Å²) in [6, 6.07) is 8.01. The van der Waals surface area contributed by atoms with Gasteiger partial charge in [0.1, 0.15) is 24.0 Å². The summed E-state index contributed by atoms with van der Waals surface area (Å²) in [6.45, 7) is -0.814. The summed E-state index contributed by atoms with van der Waals surface area (Å²) >= 11 is 0. The zero-order valence-corrected chi connectivity index (χ0v) is 23.5. The second-order valence-corrected chi connectivity index (χ2v) is 9.67. The molecule has 45 heavy (non-hydrogen) atoms. The smallest absolute Gasteiger partial charge is 0.366 e. The number of primary amides is 1. The van der Waals surface area contributed by atoms with E-state index in [1.165, 1.54) is 24.4 Å². The normalized spacial score (nSPS) is 12.1. The van der Waals surface area contributed by atoms with Gasteiger partial charge in [-0.1, -0.05) is 12.1 Å². The minimum Gasteiger partial charge on any atom is -0.366 e. The van der Waals surface area contributed by atoms with Gasteiger partial charge < -0.3 is 11.1 Å². The zero-order chi connectivity index (χ0) is 33.1. The summed E-state index contributed by atoms with van der Waals surface area (Å²) in [5.41, 5.74) is 3.14. The molecule has 2 aromatic carbocycles. The number of rotatable bonds is 10. The molecule has 1 atom stereocenters. The lowest BCUT2D eigenvalue weighted by Crippen LogP contribution is -2.34. The Morgan fingerprint density at radius 3 is 2.36 bits per heavy atom. The predicted molar refractivity (Wildman–Crippen MR) is 145 cm³/mol. The van der Waals surface area contributed by atoms with Crippen molar-refractivity contribution in [1.29, 1.82) is 0 Å². The highest BCUT2D eigenvalue weighted by Crippen LogP contribution is 2.32. The van der Waals surface area contributed by atoms with Gasteiger partial charge in [-0.2, -0.15) is 18.3 Å². The van der Waals surface area contributed by atoms with E-state index in [4.69, 9.17) is 5.73 Å². The topological polar surface area (TPSA) is 132 Å². The number of carbonyl (C=O) groups is 3. The van der Waals surface area contributed by atoms with Gasteiger partial charge >= 0.3 is 6.18 Å². The Labute approximate surface area is 251 Å². The minimum absolute atomic E-state index is 0.0836. The Morgan fingerprint density at radius 1 is 1.04 bits per heavy atom. The molecule has 3 amide bonds. The third-order valence-electron chi connectivity index (χ3n) is 6.53. The Morgan fingerprint density at radius 2 is 1.73 bits per heavy atom. The Balaban J connectivity index is 1.73. The number of aromatic nitrogens is 3. The molecule has 0 spiro atoms. The lowest BCUT2D eigenvalue weighted by atomic mass is 9.94. The summed E-state index contributed by atoms with van der Waals surface area (Å²) in [5.74, 6) is -5.84. The summed E-state index contributed by atoms with van der Waals surface area (Å²) in [7, 11) is 2.16. The standard InChI is InChI=1S/C29H24F6N6O4/c1-40(45-2)28(44)21-13-41(39-26(21)29(33,34)35)14-24(42)38-23(10-15-8-17(30)12-18(31)9-15)25-19(4-3-7-37-25)16-5-6-22(32)20(11-16)27(36)43/h3-9,11-13,23H,10,14H2,1-2H3,(H2,36,43)(H,38,42)/t23-/m0/s1. The molecule has 4 aromatic rings. The fourth-order valence-electron chi connectivity index (χ4n) is 4.51. The maximum Gasteiger partial charge on any atom is 0.435 e. The average Bonchev–Trinajstić information content (AvgIpc) is 3.40. The first kappa shape index (κ1) is 32.7. The van der Waals surface area contributed by atoms with Crippen molar-refractivity contribution in [3.63, 3.8) is 0 Å². The van der Waals surface area contributed by atoms with E-state index in [-0.39, 0.29) is 28.8 Å². The second kappa shape index (κ2) is 13.2. The van der Waals surface area contributed by atoms with Crippen LogP contribution in [0.25, 0.3) is 11.1 Å². The van der Waals surface area contributed by atoms with Crippen molar-refractivity contribution >= 4 is 17.7 Å². The van der Waals surface area contributed by atoms with Crippen LogP contribution < -0.4 is 11.1 Å². The lowest BCUT2D eigenvalue weighted by molar-refractivity contribution is -0.142. The van der Waals surface area contributed by atoms with Gasteiger partial charge in [-0.25, -0.2) is 18.2 Å². The number of nitrogens with zero attached hydrogens (tertiary/aromatic N) is 4. The van der Waals surface area contributed by atoms with E-state index in [2.05, 4.69) is 20.2 Å². The molecule has 0 saturated carbocycles. The first-order valence-corrected chi connectivity index (χ1v) is 12.9. The first-order chi connectivity index (χ1) is 21.2. The Bertz CT molecular complexity index is 1740. The van der Waals surface area contributed by atoms with Crippen molar-refractivity contribution in [3.8, 4) is 11.1 Å². The van der Waals surface area contributed by atoms with Crippen LogP contribution in [0, 0.1) is 17.5 Å². The third kappa shape index (κ3) is 7.64. The van der Waals surface area contributed by atoms with Gasteiger partial charge in [-0.05, 0) is 47.9 Å². The van der Waals surface area contributed by atoms with Crippen LogP contribution in [0.1, 0.15) is 43.7 Å². The van der Waals surface area contributed by atoms with Crippen LogP contribution in [0.3, 0.4) is 0 Å². The van der Waals surface area contributed by atoms with Crippen molar-refractivity contribution in [1.82, 2.24) is 25.1 Å². The summed E-state index contributed by atoms with van der Waals surface area (Å²) in [4.78, 5) is 46.4. The van der Waals surface area contributed by atoms with Gasteiger partial charge in [0.2, 0.25) is 5.91 Å². The highest BCUT2D eigenvalue weighted by molar-refractivity contribution is 5.95. The van der Waals surface area contributed by atoms with Gasteiger partial charge in [0.25, 0.3) is 11.8 Å². The molecule has 0 saturated heterocycles. The molecule has 3 N–H and O–H groups in total. The number of carbonyl (C=O) groups excluding carboxylic acids is 3. The van der Waals surface area contributed by atoms with Crippen molar-refractivity contribution in [2.75, 3.05) is 14.2 Å². The highest BCUT2D eigenvalue weighted by Gasteiger charge is 2.40. The number of halogens is 6. The van der Waals surface area contributed by atoms with Crippen molar-refractivity contribution in [2.24, 2.45) is 5.73 Å². The third-order valence-corrected chi connectivity index (χ3v) is 6.53. The maximum atomic E-state index is 14.2. The fraction of sp³-hybridized carbons (Fsp3) is 0.207. The molecular formula is C29H24F6N6O4. The molecular weight excluding hydrogens is 610 g/mol. The van der Waals surface area contributed by atoms with E-state index in [1.54, 1.807) is 0 Å². The molecule has 0 unspecified atom stereocenters. The summed E-state index contributed by atoms with van der Waals surface area (Å²) < 4.78 is 83.9. The van der Waals surface area contributed by atoms with Gasteiger partial charge in [-0.3, -0.25) is 28.9 Å². The molecule has 2 aromatic heterocycles. The number of alkyl halides is 3. The van der Waals surface area contributed by atoms with Crippen LogP contribution in [0.2, 0.25) is 0 Å². The van der Waals surface area contributed by atoms with Crippen molar-refractivity contribution < 1.29 is 45.6 Å². The number of benzene rings is 2. The maximum absolute atomic E-state index is 14.2. The number of hydrogen-bond donors (Lipinski definition) is 2. The molecule has 4 rings (SSSR count). The first-order valence-electron chi connectivity index (χ1n) is 12.9. The van der Waals surface area contributed by atoms with Crippen LogP contribution >= 0.6 is 0 Å². The number of nitrogens with two attached hydrogens (primary N) is 1. The molecule has 0 aliphatic rings. The van der Waals surface area contributed by atoms with Crippen LogP contribution in [0.5, 0.6) is 0 Å². The average molecular weight is 635 g/mol.